The Bertz CT molecular complexity index is 288. The van der Waals surface area contributed by atoms with E-state index in [1.165, 1.54) is 5.56 Å². The predicted octanol–water partition coefficient (Wildman–Crippen LogP) is 3.99. The first-order valence-corrected chi connectivity index (χ1v) is 6.34. The van der Waals surface area contributed by atoms with Gasteiger partial charge in [0.1, 0.15) is 0 Å². The third kappa shape index (κ3) is 11.1. The van der Waals surface area contributed by atoms with Crippen molar-refractivity contribution in [3.05, 3.63) is 35.9 Å². The van der Waals surface area contributed by atoms with E-state index in [9.17, 15) is 4.79 Å². The summed E-state index contributed by atoms with van der Waals surface area (Å²) in [7, 11) is 0. The van der Waals surface area contributed by atoms with Crippen LogP contribution in [0.4, 0.5) is 4.79 Å². The summed E-state index contributed by atoms with van der Waals surface area (Å²) in [4.78, 5) is 9.74. The van der Waals surface area contributed by atoms with E-state index in [4.69, 9.17) is 5.11 Å². The highest BCUT2D eigenvalue weighted by atomic mass is 32.1. The Morgan fingerprint density at radius 3 is 2.35 bits per heavy atom. The molecule has 0 spiro atoms. The van der Waals surface area contributed by atoms with Crippen LogP contribution in [0.25, 0.3) is 0 Å². The molecule has 0 bridgehead atoms. The molecule has 1 N–H and O–H groups in total. The summed E-state index contributed by atoms with van der Waals surface area (Å²) in [5, 5.41) is 7.99. The van der Waals surface area contributed by atoms with Crippen LogP contribution in [0.3, 0.4) is 0 Å². The fourth-order valence-electron chi connectivity index (χ4n) is 1.09. The van der Waals surface area contributed by atoms with Crippen molar-refractivity contribution in [2.75, 3.05) is 6.61 Å². The monoisotopic (exact) mass is 256 g/mol. The first-order chi connectivity index (χ1) is 8.20. The van der Waals surface area contributed by atoms with Crippen molar-refractivity contribution in [1.29, 1.82) is 0 Å². The lowest BCUT2D eigenvalue weighted by Gasteiger charge is -1.96. The lowest BCUT2D eigenvalue weighted by molar-refractivity contribution is 0.0901. The quantitative estimate of drug-likeness (QED) is 0.476. The number of unbranched alkanes of at least 4 members (excludes halogenated alkanes) is 2. The van der Waals surface area contributed by atoms with Crippen molar-refractivity contribution in [3.63, 3.8) is 0 Å². The minimum atomic E-state index is -1.17. The Hall–Kier alpha value is -1.16. The molecule has 0 aliphatic rings. The number of thiol groups is 1. The van der Waals surface area contributed by atoms with Crippen LogP contribution < -0.4 is 0 Å². The van der Waals surface area contributed by atoms with Crippen LogP contribution in [0, 0.1) is 0 Å². The van der Waals surface area contributed by atoms with Crippen LogP contribution in [0.5, 0.6) is 0 Å². The standard InChI is InChI=1S/C7H8S.C6H12O3/c8-6-7-4-2-1-3-5-7;1-2-3-4-5-9-6(7)8/h1-5,8H,6H2;2-5H2,1H3,(H,7,8). The second kappa shape index (κ2) is 11.3. The van der Waals surface area contributed by atoms with Crippen LogP contribution in [-0.2, 0) is 10.5 Å². The number of ether oxygens (including phenoxy) is 1. The molecule has 0 aliphatic heterocycles. The minimum Gasteiger partial charge on any atom is -0.450 e. The average Bonchev–Trinajstić information content (AvgIpc) is 2.36. The molecular formula is C13H20O3S. The van der Waals surface area contributed by atoms with Crippen molar-refractivity contribution >= 4 is 18.8 Å². The summed E-state index contributed by atoms with van der Waals surface area (Å²) in [6.45, 7) is 2.39. The van der Waals surface area contributed by atoms with Gasteiger partial charge in [-0.25, -0.2) is 4.79 Å². The third-order valence-corrected chi connectivity index (χ3v) is 2.36. The van der Waals surface area contributed by atoms with Crippen molar-refractivity contribution < 1.29 is 14.6 Å². The van der Waals surface area contributed by atoms with Crippen molar-refractivity contribution in [2.24, 2.45) is 0 Å². The molecule has 17 heavy (non-hydrogen) atoms. The van der Waals surface area contributed by atoms with E-state index in [1.54, 1.807) is 0 Å². The lowest BCUT2D eigenvalue weighted by Crippen LogP contribution is -2.00. The SMILES string of the molecule is CCCCCOC(=O)O.SCc1ccccc1. The Kier molecular flexibility index (Phi) is 10.6. The van der Waals surface area contributed by atoms with E-state index in [-0.39, 0.29) is 0 Å². The summed E-state index contributed by atoms with van der Waals surface area (Å²) < 4.78 is 4.26. The predicted molar refractivity (Wildman–Crippen MR) is 72.6 cm³/mol. The van der Waals surface area contributed by atoms with E-state index in [0.717, 1.165) is 25.0 Å². The van der Waals surface area contributed by atoms with E-state index < -0.39 is 6.16 Å². The minimum absolute atomic E-state index is 0.336. The van der Waals surface area contributed by atoms with Gasteiger partial charge in [-0.05, 0) is 12.0 Å². The molecule has 1 aromatic rings. The largest absolute Gasteiger partial charge is 0.505 e. The Morgan fingerprint density at radius 2 is 1.94 bits per heavy atom. The molecule has 0 amide bonds. The van der Waals surface area contributed by atoms with Crippen LogP contribution in [0.1, 0.15) is 31.7 Å². The van der Waals surface area contributed by atoms with Gasteiger partial charge in [-0.15, -0.1) is 0 Å². The number of carboxylic acid groups (broad SMARTS) is 1. The highest BCUT2D eigenvalue weighted by molar-refractivity contribution is 7.79. The maximum atomic E-state index is 9.74. The van der Waals surface area contributed by atoms with Gasteiger partial charge >= 0.3 is 6.16 Å². The second-order valence-electron chi connectivity index (χ2n) is 3.47. The summed E-state index contributed by atoms with van der Waals surface area (Å²) in [5.74, 6) is 0.834. The fourth-order valence-corrected chi connectivity index (χ4v) is 1.31. The molecule has 0 saturated carbocycles. The van der Waals surface area contributed by atoms with Crippen LogP contribution in [0.2, 0.25) is 0 Å². The van der Waals surface area contributed by atoms with Gasteiger partial charge in [0, 0.05) is 5.75 Å². The normalized spacial score (nSPS) is 9.06. The molecule has 0 saturated heterocycles. The van der Waals surface area contributed by atoms with Gasteiger partial charge in [0.05, 0.1) is 6.61 Å². The summed E-state index contributed by atoms with van der Waals surface area (Å²) >= 11 is 4.11. The van der Waals surface area contributed by atoms with Crippen molar-refractivity contribution in [2.45, 2.75) is 31.9 Å². The average molecular weight is 256 g/mol. The van der Waals surface area contributed by atoms with Crippen molar-refractivity contribution in [3.8, 4) is 0 Å². The summed E-state index contributed by atoms with van der Waals surface area (Å²) in [6.07, 6.45) is 1.78. The van der Waals surface area contributed by atoms with Crippen molar-refractivity contribution in [1.82, 2.24) is 0 Å². The van der Waals surface area contributed by atoms with Gasteiger partial charge in [0.2, 0.25) is 0 Å². The fraction of sp³-hybridized carbons (Fsp3) is 0.462. The lowest BCUT2D eigenvalue weighted by atomic mass is 10.2. The number of hydrogen-bond donors (Lipinski definition) is 2. The van der Waals surface area contributed by atoms with E-state index in [0.29, 0.717) is 6.61 Å². The highest BCUT2D eigenvalue weighted by Gasteiger charge is 1.93. The first-order valence-electron chi connectivity index (χ1n) is 5.71. The zero-order chi connectivity index (χ0) is 12.9. The van der Waals surface area contributed by atoms with E-state index in [1.807, 2.05) is 18.2 Å². The molecule has 3 nitrogen and oxygen atoms in total. The van der Waals surface area contributed by atoms with E-state index >= 15 is 0 Å². The smallest absolute Gasteiger partial charge is 0.450 e. The molecular weight excluding hydrogens is 236 g/mol. The first kappa shape index (κ1) is 15.8. The van der Waals surface area contributed by atoms with Gasteiger partial charge in [-0.1, -0.05) is 50.1 Å². The Balaban J connectivity index is 0.000000302. The maximum Gasteiger partial charge on any atom is 0.505 e. The number of hydrogen-bond acceptors (Lipinski definition) is 3. The zero-order valence-electron chi connectivity index (χ0n) is 10.1. The third-order valence-electron chi connectivity index (χ3n) is 2.00. The second-order valence-corrected chi connectivity index (χ2v) is 3.78. The number of benzene rings is 1. The van der Waals surface area contributed by atoms with Gasteiger partial charge in [-0.2, -0.15) is 12.6 Å². The van der Waals surface area contributed by atoms with Crippen LogP contribution in [-0.4, -0.2) is 17.9 Å². The molecule has 1 aromatic carbocycles. The topological polar surface area (TPSA) is 46.5 Å². The summed E-state index contributed by atoms with van der Waals surface area (Å²) in [6, 6.07) is 10.2. The molecule has 0 heterocycles. The molecule has 0 fully saturated rings. The molecule has 0 radical (unpaired) electrons. The number of rotatable bonds is 5. The molecule has 4 heteroatoms. The molecule has 0 aliphatic carbocycles. The van der Waals surface area contributed by atoms with Gasteiger partial charge in [-0.3, -0.25) is 0 Å². The van der Waals surface area contributed by atoms with Gasteiger partial charge in [0.25, 0.3) is 0 Å². The van der Waals surface area contributed by atoms with Gasteiger partial charge < -0.3 is 9.84 Å². The molecule has 1 rings (SSSR count). The Morgan fingerprint density at radius 1 is 1.29 bits per heavy atom. The number of carbonyl (C=O) groups is 1. The molecule has 96 valence electrons. The molecule has 0 unspecified atom stereocenters. The Labute approximate surface area is 108 Å². The van der Waals surface area contributed by atoms with Crippen LogP contribution in [0.15, 0.2) is 30.3 Å². The highest BCUT2D eigenvalue weighted by Crippen LogP contribution is 2.00. The van der Waals surface area contributed by atoms with E-state index in [2.05, 4.69) is 36.4 Å². The molecule has 0 aromatic heterocycles. The van der Waals surface area contributed by atoms with Gasteiger partial charge in [0.15, 0.2) is 0 Å². The zero-order valence-corrected chi connectivity index (χ0v) is 11.0. The van der Waals surface area contributed by atoms with Crippen LogP contribution >= 0.6 is 12.6 Å². The molecule has 0 atom stereocenters. The summed E-state index contributed by atoms with van der Waals surface area (Å²) in [5.41, 5.74) is 1.27. The maximum absolute atomic E-state index is 9.74.